The molecule has 0 radical (unpaired) electrons. The zero-order valence-electron chi connectivity index (χ0n) is 11.3. The van der Waals surface area contributed by atoms with Gasteiger partial charge in [-0.25, -0.2) is 9.97 Å². The first kappa shape index (κ1) is 13.7. The fourth-order valence-electron chi connectivity index (χ4n) is 1.75. The molecular weight excluding hydrogens is 290 g/mol. The summed E-state index contributed by atoms with van der Waals surface area (Å²) < 4.78 is 10.2. The van der Waals surface area contributed by atoms with Gasteiger partial charge in [-0.2, -0.15) is 4.98 Å². The Bertz CT molecular complexity index is 722. The van der Waals surface area contributed by atoms with Crippen molar-refractivity contribution in [2.24, 2.45) is 5.73 Å². The molecule has 21 heavy (non-hydrogen) atoms. The fourth-order valence-corrected chi connectivity index (χ4v) is 2.40. The highest BCUT2D eigenvalue weighted by Crippen LogP contribution is 2.20. The van der Waals surface area contributed by atoms with E-state index < -0.39 is 0 Å². The smallest absolute Gasteiger partial charge is 0.277 e. The van der Waals surface area contributed by atoms with Crippen molar-refractivity contribution in [1.29, 1.82) is 0 Å². The molecule has 3 rings (SSSR count). The van der Waals surface area contributed by atoms with Crippen molar-refractivity contribution in [2.75, 3.05) is 7.11 Å². The summed E-state index contributed by atoms with van der Waals surface area (Å²) >= 11 is 1.47. The number of rotatable bonds is 5. The molecule has 3 heterocycles. The Morgan fingerprint density at radius 2 is 2.24 bits per heavy atom. The van der Waals surface area contributed by atoms with Gasteiger partial charge in [0.15, 0.2) is 5.82 Å². The number of aromatic nitrogens is 4. The molecular formula is C13H13N5O2S. The third kappa shape index (κ3) is 3.06. The minimum absolute atomic E-state index is 0.405. The SMILES string of the molecule is COc1ccc(Cc2noc(-c3csc(CN)n3)n2)cn1. The topological polar surface area (TPSA) is 100.0 Å². The first-order valence-corrected chi connectivity index (χ1v) is 7.13. The summed E-state index contributed by atoms with van der Waals surface area (Å²) in [6, 6.07) is 3.71. The third-order valence-electron chi connectivity index (χ3n) is 2.78. The van der Waals surface area contributed by atoms with Gasteiger partial charge in [-0.05, 0) is 5.56 Å². The van der Waals surface area contributed by atoms with E-state index in [0.717, 1.165) is 10.6 Å². The maximum atomic E-state index is 5.54. The molecule has 3 aromatic heterocycles. The summed E-state index contributed by atoms with van der Waals surface area (Å²) in [6.07, 6.45) is 2.26. The van der Waals surface area contributed by atoms with Gasteiger partial charge in [-0.3, -0.25) is 0 Å². The Morgan fingerprint density at radius 3 is 2.90 bits per heavy atom. The van der Waals surface area contributed by atoms with Crippen LogP contribution in [0.5, 0.6) is 5.88 Å². The summed E-state index contributed by atoms with van der Waals surface area (Å²) in [4.78, 5) is 12.8. The first-order chi connectivity index (χ1) is 10.3. The fraction of sp³-hybridized carbons (Fsp3) is 0.231. The van der Waals surface area contributed by atoms with Crippen LogP contribution in [0, 0.1) is 0 Å². The van der Waals surface area contributed by atoms with Crippen LogP contribution in [-0.2, 0) is 13.0 Å². The normalized spacial score (nSPS) is 10.8. The van der Waals surface area contributed by atoms with Crippen LogP contribution in [0.15, 0.2) is 28.2 Å². The molecule has 0 aliphatic heterocycles. The van der Waals surface area contributed by atoms with Gasteiger partial charge in [0.05, 0.1) is 7.11 Å². The highest BCUT2D eigenvalue weighted by Gasteiger charge is 2.12. The molecule has 0 aromatic carbocycles. The standard InChI is InChI=1S/C13H13N5O2S/c1-19-11-3-2-8(6-15-11)4-10-17-13(20-18-10)9-7-21-12(5-14)16-9/h2-3,6-7H,4-5,14H2,1H3. The van der Waals surface area contributed by atoms with Crippen LogP contribution in [0.3, 0.4) is 0 Å². The summed E-state index contributed by atoms with van der Waals surface area (Å²) in [5.41, 5.74) is 7.17. The van der Waals surface area contributed by atoms with Crippen molar-refractivity contribution < 1.29 is 9.26 Å². The second-order valence-corrected chi connectivity index (χ2v) is 5.17. The molecule has 0 atom stereocenters. The van der Waals surface area contributed by atoms with Crippen LogP contribution in [-0.4, -0.2) is 27.2 Å². The minimum atomic E-state index is 0.405. The van der Waals surface area contributed by atoms with Crippen LogP contribution in [0.4, 0.5) is 0 Å². The number of thiazole rings is 1. The zero-order chi connectivity index (χ0) is 14.7. The largest absolute Gasteiger partial charge is 0.481 e. The number of hydrogen-bond donors (Lipinski definition) is 1. The van der Waals surface area contributed by atoms with Crippen LogP contribution < -0.4 is 10.5 Å². The Kier molecular flexibility index (Phi) is 3.89. The number of pyridine rings is 1. The zero-order valence-corrected chi connectivity index (χ0v) is 12.1. The van der Waals surface area contributed by atoms with Gasteiger partial charge in [0.1, 0.15) is 10.7 Å². The second-order valence-electron chi connectivity index (χ2n) is 4.23. The number of nitrogens with zero attached hydrogens (tertiary/aromatic N) is 4. The van der Waals surface area contributed by atoms with Gasteiger partial charge in [-0.1, -0.05) is 11.2 Å². The molecule has 2 N–H and O–H groups in total. The lowest BCUT2D eigenvalue weighted by molar-refractivity contribution is 0.397. The Balaban J connectivity index is 1.74. The Morgan fingerprint density at radius 1 is 1.33 bits per heavy atom. The van der Waals surface area contributed by atoms with Crippen LogP contribution in [0.2, 0.25) is 0 Å². The lowest BCUT2D eigenvalue weighted by Gasteiger charge is -1.99. The molecule has 7 nitrogen and oxygen atoms in total. The average molecular weight is 303 g/mol. The van der Waals surface area contributed by atoms with E-state index in [-0.39, 0.29) is 0 Å². The third-order valence-corrected chi connectivity index (χ3v) is 3.65. The van der Waals surface area contributed by atoms with Crippen molar-refractivity contribution in [1.82, 2.24) is 20.1 Å². The number of nitrogens with two attached hydrogens (primary N) is 1. The van der Waals surface area contributed by atoms with Crippen molar-refractivity contribution in [3.05, 3.63) is 40.1 Å². The van der Waals surface area contributed by atoms with Gasteiger partial charge in [0.2, 0.25) is 5.88 Å². The molecule has 0 saturated carbocycles. The van der Waals surface area contributed by atoms with Crippen molar-refractivity contribution in [3.63, 3.8) is 0 Å². The lowest BCUT2D eigenvalue weighted by Crippen LogP contribution is -1.95. The van der Waals surface area contributed by atoms with Crippen molar-refractivity contribution in [2.45, 2.75) is 13.0 Å². The molecule has 0 unspecified atom stereocenters. The summed E-state index contributed by atoms with van der Waals surface area (Å²) in [5, 5.41) is 6.65. The number of ether oxygens (including phenoxy) is 1. The van der Waals surface area contributed by atoms with E-state index in [1.165, 1.54) is 11.3 Å². The molecule has 3 aromatic rings. The number of hydrogen-bond acceptors (Lipinski definition) is 8. The summed E-state index contributed by atoms with van der Waals surface area (Å²) in [7, 11) is 1.58. The van der Waals surface area contributed by atoms with E-state index in [1.54, 1.807) is 19.4 Å². The van der Waals surface area contributed by atoms with E-state index in [9.17, 15) is 0 Å². The summed E-state index contributed by atoms with van der Waals surface area (Å²) in [6.45, 7) is 0.406. The predicted octanol–water partition coefficient (Wildman–Crippen LogP) is 1.65. The van der Waals surface area contributed by atoms with E-state index in [4.69, 9.17) is 15.0 Å². The molecule has 0 aliphatic carbocycles. The van der Waals surface area contributed by atoms with Crippen LogP contribution in [0.25, 0.3) is 11.6 Å². The maximum Gasteiger partial charge on any atom is 0.277 e. The molecule has 0 fully saturated rings. The van der Waals surface area contributed by atoms with Gasteiger partial charge in [0, 0.05) is 30.6 Å². The maximum absolute atomic E-state index is 5.54. The highest BCUT2D eigenvalue weighted by atomic mass is 32.1. The predicted molar refractivity (Wildman–Crippen MR) is 76.9 cm³/mol. The Hall–Kier alpha value is -2.32. The lowest BCUT2D eigenvalue weighted by atomic mass is 10.2. The van der Waals surface area contributed by atoms with E-state index in [1.807, 2.05) is 11.4 Å². The van der Waals surface area contributed by atoms with Crippen molar-refractivity contribution >= 4 is 11.3 Å². The molecule has 108 valence electrons. The van der Waals surface area contributed by atoms with E-state index in [2.05, 4.69) is 20.1 Å². The monoisotopic (exact) mass is 303 g/mol. The van der Waals surface area contributed by atoms with Gasteiger partial charge >= 0.3 is 0 Å². The van der Waals surface area contributed by atoms with Gasteiger partial charge < -0.3 is 15.0 Å². The Labute approximate surface area is 124 Å². The average Bonchev–Trinajstić information content (AvgIpc) is 3.16. The molecule has 0 spiro atoms. The first-order valence-electron chi connectivity index (χ1n) is 6.25. The van der Waals surface area contributed by atoms with E-state index in [0.29, 0.717) is 36.3 Å². The summed E-state index contributed by atoms with van der Waals surface area (Å²) in [5.74, 6) is 1.56. The van der Waals surface area contributed by atoms with Crippen LogP contribution >= 0.6 is 11.3 Å². The molecule has 0 amide bonds. The second kappa shape index (κ2) is 5.98. The molecule has 0 saturated heterocycles. The van der Waals surface area contributed by atoms with E-state index >= 15 is 0 Å². The van der Waals surface area contributed by atoms with Crippen molar-refractivity contribution in [3.8, 4) is 17.5 Å². The number of methoxy groups -OCH3 is 1. The highest BCUT2D eigenvalue weighted by molar-refractivity contribution is 7.09. The minimum Gasteiger partial charge on any atom is -0.481 e. The van der Waals surface area contributed by atoms with Gasteiger partial charge in [-0.15, -0.1) is 11.3 Å². The van der Waals surface area contributed by atoms with Crippen LogP contribution in [0.1, 0.15) is 16.4 Å². The molecule has 0 aliphatic rings. The van der Waals surface area contributed by atoms with Gasteiger partial charge in [0.25, 0.3) is 5.89 Å². The molecule has 0 bridgehead atoms. The quantitative estimate of drug-likeness (QED) is 0.764. The molecule has 8 heteroatoms.